The van der Waals surface area contributed by atoms with Crippen LogP contribution >= 0.6 is 23.4 Å². The van der Waals surface area contributed by atoms with Gasteiger partial charge in [0, 0.05) is 30.4 Å². The average molecular weight is 459 g/mol. The van der Waals surface area contributed by atoms with Gasteiger partial charge in [0.05, 0.1) is 24.5 Å². The Morgan fingerprint density at radius 2 is 1.97 bits per heavy atom. The van der Waals surface area contributed by atoms with E-state index >= 15 is 0 Å². The van der Waals surface area contributed by atoms with Crippen molar-refractivity contribution in [2.75, 3.05) is 30.3 Å². The van der Waals surface area contributed by atoms with E-state index in [-0.39, 0.29) is 5.91 Å². The van der Waals surface area contributed by atoms with Gasteiger partial charge in [0.15, 0.2) is 10.8 Å². The van der Waals surface area contributed by atoms with Gasteiger partial charge in [-0.05, 0) is 37.0 Å². The topological polar surface area (TPSA) is 75.9 Å². The van der Waals surface area contributed by atoms with Crippen molar-refractivity contribution in [3.63, 3.8) is 0 Å². The van der Waals surface area contributed by atoms with Crippen LogP contribution < -0.4 is 10.2 Å². The van der Waals surface area contributed by atoms with Crippen molar-refractivity contribution in [2.24, 2.45) is 0 Å². The van der Waals surface area contributed by atoms with Crippen molar-refractivity contribution < 1.29 is 4.79 Å². The molecule has 31 heavy (non-hydrogen) atoms. The molecule has 3 heterocycles. The van der Waals surface area contributed by atoms with Crippen molar-refractivity contribution in [1.29, 1.82) is 0 Å². The lowest BCUT2D eigenvalue weighted by atomic mass is 10.1. The number of amides is 1. The fourth-order valence-corrected chi connectivity index (χ4v) is 4.48. The van der Waals surface area contributed by atoms with E-state index in [1.54, 1.807) is 23.9 Å². The summed E-state index contributed by atoms with van der Waals surface area (Å²) in [4.78, 5) is 24.2. The van der Waals surface area contributed by atoms with Gasteiger partial charge in [-0.1, -0.05) is 42.4 Å². The molecule has 0 bridgehead atoms. The normalized spacial score (nSPS) is 13.8. The molecule has 0 radical (unpaired) electrons. The maximum atomic E-state index is 12.3. The van der Waals surface area contributed by atoms with E-state index in [1.165, 1.54) is 12.8 Å². The Bertz CT molecular complexity index is 1030. The van der Waals surface area contributed by atoms with Crippen LogP contribution in [-0.4, -0.2) is 51.0 Å². The first-order valence-electron chi connectivity index (χ1n) is 10.8. The van der Waals surface area contributed by atoms with Gasteiger partial charge in [-0.3, -0.25) is 4.79 Å². The molecule has 1 saturated heterocycles. The molecule has 1 fully saturated rings. The van der Waals surface area contributed by atoms with Crippen LogP contribution in [0.3, 0.4) is 0 Å². The Labute approximate surface area is 191 Å². The third-order valence-electron chi connectivity index (χ3n) is 5.22. The number of anilines is 1. The highest BCUT2D eigenvalue weighted by molar-refractivity contribution is 7.99. The summed E-state index contributed by atoms with van der Waals surface area (Å²) >= 11 is 7.59. The summed E-state index contributed by atoms with van der Waals surface area (Å²) in [6, 6.07) is 7.34. The smallest absolute Gasteiger partial charge is 0.224 e. The molecule has 4 rings (SSSR count). The lowest BCUT2D eigenvalue weighted by Crippen LogP contribution is -2.29. The predicted molar refractivity (Wildman–Crippen MR) is 126 cm³/mol. The summed E-state index contributed by atoms with van der Waals surface area (Å²) in [5.41, 5.74) is 1.77. The van der Waals surface area contributed by atoms with Gasteiger partial charge in [-0.2, -0.15) is 5.10 Å². The molecule has 7 nitrogen and oxygen atoms in total. The standard InChI is InChI=1S/C22H27ClN6OS/c1-2-13-31-22-26-20(28-10-3-4-11-28)18-15-25-29(21(18)27-22)12-9-24-19(30)14-16-5-7-17(23)8-6-16/h5-8,15H,2-4,9-14H2,1H3,(H,24,30). The van der Waals surface area contributed by atoms with Crippen LogP contribution in [0.5, 0.6) is 0 Å². The Morgan fingerprint density at radius 1 is 1.19 bits per heavy atom. The molecule has 3 aromatic rings. The van der Waals surface area contributed by atoms with Crippen molar-refractivity contribution in [2.45, 2.75) is 44.3 Å². The average Bonchev–Trinajstić information content (AvgIpc) is 3.44. The molecule has 1 aliphatic heterocycles. The number of rotatable bonds is 9. The molecule has 0 spiro atoms. The Hall–Kier alpha value is -2.32. The van der Waals surface area contributed by atoms with Gasteiger partial charge < -0.3 is 10.2 Å². The molecular weight excluding hydrogens is 432 g/mol. The van der Waals surface area contributed by atoms with Crippen molar-refractivity contribution in [3.05, 3.63) is 41.0 Å². The molecular formula is C22H27ClN6OS. The van der Waals surface area contributed by atoms with Crippen molar-refractivity contribution in [3.8, 4) is 0 Å². The first kappa shape index (κ1) is 21.9. The summed E-state index contributed by atoms with van der Waals surface area (Å²) in [6.45, 7) is 5.25. The number of nitrogens with one attached hydrogen (secondary N) is 1. The molecule has 1 aromatic carbocycles. The van der Waals surface area contributed by atoms with E-state index in [0.717, 1.165) is 52.8 Å². The molecule has 1 N–H and O–H groups in total. The number of benzene rings is 1. The van der Waals surface area contributed by atoms with E-state index < -0.39 is 0 Å². The van der Waals surface area contributed by atoms with Gasteiger partial charge in [0.1, 0.15) is 5.82 Å². The second kappa shape index (κ2) is 10.3. The van der Waals surface area contributed by atoms with Crippen LogP contribution in [0, 0.1) is 0 Å². The lowest BCUT2D eigenvalue weighted by molar-refractivity contribution is -0.120. The first-order valence-corrected chi connectivity index (χ1v) is 12.1. The molecule has 0 atom stereocenters. The Morgan fingerprint density at radius 3 is 2.71 bits per heavy atom. The number of halogens is 1. The highest BCUT2D eigenvalue weighted by atomic mass is 35.5. The van der Waals surface area contributed by atoms with Gasteiger partial charge in [0.25, 0.3) is 0 Å². The first-order chi connectivity index (χ1) is 15.1. The molecule has 0 aliphatic carbocycles. The summed E-state index contributed by atoms with van der Waals surface area (Å²) in [7, 11) is 0. The van der Waals surface area contributed by atoms with E-state index in [9.17, 15) is 4.79 Å². The second-order valence-electron chi connectivity index (χ2n) is 7.63. The largest absolute Gasteiger partial charge is 0.356 e. The SMILES string of the molecule is CCCSc1nc(N2CCCC2)c2cnn(CCNC(=O)Cc3ccc(Cl)cc3)c2n1. The zero-order valence-electron chi connectivity index (χ0n) is 17.7. The third-order valence-corrected chi connectivity index (χ3v) is 6.53. The minimum Gasteiger partial charge on any atom is -0.356 e. The van der Waals surface area contributed by atoms with E-state index in [2.05, 4.69) is 22.2 Å². The van der Waals surface area contributed by atoms with Gasteiger partial charge in [-0.15, -0.1) is 0 Å². The molecule has 0 unspecified atom stereocenters. The summed E-state index contributed by atoms with van der Waals surface area (Å²) < 4.78 is 1.87. The van der Waals surface area contributed by atoms with Gasteiger partial charge >= 0.3 is 0 Å². The fraction of sp³-hybridized carbons (Fsp3) is 0.455. The molecule has 0 saturated carbocycles. The Balaban J connectivity index is 1.45. The lowest BCUT2D eigenvalue weighted by Gasteiger charge is -2.18. The summed E-state index contributed by atoms with van der Waals surface area (Å²) in [5.74, 6) is 1.95. The number of thioether (sulfide) groups is 1. The number of carbonyl (C=O) groups is 1. The highest BCUT2D eigenvalue weighted by Gasteiger charge is 2.20. The number of fused-ring (bicyclic) bond motifs is 1. The molecule has 2 aromatic heterocycles. The second-order valence-corrected chi connectivity index (χ2v) is 9.13. The van der Waals surface area contributed by atoms with E-state index in [1.807, 2.05) is 23.0 Å². The molecule has 9 heteroatoms. The Kier molecular flexibility index (Phi) is 7.29. The predicted octanol–water partition coefficient (Wildman–Crippen LogP) is 3.94. The van der Waals surface area contributed by atoms with Crippen molar-refractivity contribution >= 4 is 46.1 Å². The fourth-order valence-electron chi connectivity index (χ4n) is 3.66. The summed E-state index contributed by atoms with van der Waals surface area (Å²) in [6.07, 6.45) is 5.64. The van der Waals surface area contributed by atoms with Crippen LogP contribution in [0.25, 0.3) is 11.0 Å². The van der Waals surface area contributed by atoms with Crippen molar-refractivity contribution in [1.82, 2.24) is 25.1 Å². The monoisotopic (exact) mass is 458 g/mol. The third kappa shape index (κ3) is 5.49. The van der Waals surface area contributed by atoms with E-state index in [0.29, 0.717) is 24.5 Å². The maximum absolute atomic E-state index is 12.3. The molecule has 1 amide bonds. The molecule has 164 valence electrons. The minimum atomic E-state index is -0.0228. The minimum absolute atomic E-state index is 0.0228. The van der Waals surface area contributed by atoms with Crippen LogP contribution in [0.4, 0.5) is 5.82 Å². The zero-order valence-corrected chi connectivity index (χ0v) is 19.3. The van der Waals surface area contributed by atoms with Gasteiger partial charge in [0.2, 0.25) is 5.91 Å². The maximum Gasteiger partial charge on any atom is 0.224 e. The van der Waals surface area contributed by atoms with Crippen LogP contribution in [0.15, 0.2) is 35.6 Å². The summed E-state index contributed by atoms with van der Waals surface area (Å²) in [5, 5.41) is 9.97. The highest BCUT2D eigenvalue weighted by Crippen LogP contribution is 2.29. The van der Waals surface area contributed by atoms with E-state index in [4.69, 9.17) is 21.6 Å². The molecule has 1 aliphatic rings. The number of aromatic nitrogens is 4. The van der Waals surface area contributed by atoms with Crippen LogP contribution in [0.2, 0.25) is 5.02 Å². The number of nitrogens with zero attached hydrogens (tertiary/aromatic N) is 5. The van der Waals surface area contributed by atoms with Gasteiger partial charge in [-0.25, -0.2) is 14.6 Å². The zero-order chi connectivity index (χ0) is 21.6. The van der Waals surface area contributed by atoms with Crippen LogP contribution in [-0.2, 0) is 17.8 Å². The number of hydrogen-bond acceptors (Lipinski definition) is 6. The number of carbonyl (C=O) groups excluding carboxylic acids is 1. The van der Waals surface area contributed by atoms with Crippen LogP contribution in [0.1, 0.15) is 31.7 Å². The quantitative estimate of drug-likeness (QED) is 0.386. The number of hydrogen-bond donors (Lipinski definition) is 1.